The van der Waals surface area contributed by atoms with Gasteiger partial charge in [0.2, 0.25) is 0 Å². The number of hydrogen-bond acceptors (Lipinski definition) is 1. The number of hydrogen-bond donors (Lipinski definition) is 1. The lowest BCUT2D eigenvalue weighted by molar-refractivity contribution is 0.340. The van der Waals surface area contributed by atoms with Crippen LogP contribution in [0.3, 0.4) is 0 Å². The van der Waals surface area contributed by atoms with E-state index >= 15 is 0 Å². The minimum absolute atomic E-state index is 0.000000000000000222. The van der Waals surface area contributed by atoms with Crippen LogP contribution in [0.25, 0.3) is 0 Å². The van der Waals surface area contributed by atoms with Crippen molar-refractivity contribution in [1.82, 2.24) is 0 Å². The van der Waals surface area contributed by atoms with Crippen molar-refractivity contribution in [2.45, 2.75) is 6.17 Å². The van der Waals surface area contributed by atoms with Crippen LogP contribution in [0, 0.1) is 5.82 Å². The maximum absolute atomic E-state index is 13.0. The highest BCUT2D eigenvalue weighted by Gasteiger charge is 2.15. The van der Waals surface area contributed by atoms with Gasteiger partial charge in [0.1, 0.15) is 12.0 Å². The summed E-state index contributed by atoms with van der Waals surface area (Å²) in [6.07, 6.45) is -1.44. The van der Waals surface area contributed by atoms with Crippen molar-refractivity contribution in [2.24, 2.45) is 5.73 Å². The number of rotatable bonds is 2. The monoisotopic (exact) mass is 235 g/mol. The average molecular weight is 236 g/mol. The van der Waals surface area contributed by atoms with Gasteiger partial charge in [0, 0.05) is 16.6 Å². The first-order chi connectivity index (χ1) is 5.66. The minimum Gasteiger partial charge on any atom is -0.327 e. The highest BCUT2D eigenvalue weighted by Crippen LogP contribution is 2.27. The molecule has 1 aromatic carbocycles. The predicted octanol–water partition coefficient (Wildman–Crippen LogP) is 2.56. The number of nitrogens with two attached hydrogens (primary N) is 1. The fraction of sp³-hybridized carbons (Fsp3) is 0.250. The number of benzene rings is 1. The molecule has 0 heterocycles. The van der Waals surface area contributed by atoms with Gasteiger partial charge in [0.25, 0.3) is 0 Å². The van der Waals surface area contributed by atoms with Gasteiger partial charge >= 0.3 is 0 Å². The van der Waals surface area contributed by atoms with Crippen molar-refractivity contribution in [3.8, 4) is 0 Å². The SMILES string of the molecule is NCC(F)c1c(F)cccc1Br. The van der Waals surface area contributed by atoms with Crippen LogP contribution in [0.4, 0.5) is 8.78 Å². The fourth-order valence-corrected chi connectivity index (χ4v) is 1.52. The van der Waals surface area contributed by atoms with Crippen molar-refractivity contribution in [3.63, 3.8) is 0 Å². The highest BCUT2D eigenvalue weighted by atomic mass is 79.9. The van der Waals surface area contributed by atoms with Gasteiger partial charge < -0.3 is 5.73 Å². The molecule has 66 valence electrons. The summed E-state index contributed by atoms with van der Waals surface area (Å²) in [5.74, 6) is -0.567. The topological polar surface area (TPSA) is 26.0 Å². The molecular weight excluding hydrogens is 228 g/mol. The summed E-state index contributed by atoms with van der Waals surface area (Å²) in [6, 6.07) is 4.30. The Hall–Kier alpha value is -0.480. The Kier molecular flexibility index (Phi) is 3.17. The molecule has 4 heteroatoms. The molecule has 0 aromatic heterocycles. The summed E-state index contributed by atoms with van der Waals surface area (Å²) in [4.78, 5) is 0. The normalized spacial score (nSPS) is 13.0. The van der Waals surface area contributed by atoms with Gasteiger partial charge in [-0.05, 0) is 12.1 Å². The largest absolute Gasteiger partial charge is 0.327 e. The second-order valence-electron chi connectivity index (χ2n) is 2.34. The van der Waals surface area contributed by atoms with E-state index in [2.05, 4.69) is 15.9 Å². The van der Waals surface area contributed by atoms with Crippen molar-refractivity contribution in [1.29, 1.82) is 0 Å². The van der Waals surface area contributed by atoms with Crippen LogP contribution in [-0.2, 0) is 0 Å². The molecule has 0 aliphatic heterocycles. The van der Waals surface area contributed by atoms with E-state index < -0.39 is 12.0 Å². The Bertz CT molecular complexity index is 258. The summed E-state index contributed by atoms with van der Waals surface area (Å²) in [6.45, 7) is -0.209. The van der Waals surface area contributed by atoms with E-state index in [-0.39, 0.29) is 12.1 Å². The van der Waals surface area contributed by atoms with Crippen LogP contribution in [0.1, 0.15) is 11.7 Å². The summed E-state index contributed by atoms with van der Waals surface area (Å²) in [5.41, 5.74) is 5.08. The minimum atomic E-state index is -1.44. The van der Waals surface area contributed by atoms with E-state index in [0.29, 0.717) is 4.47 Å². The smallest absolute Gasteiger partial charge is 0.141 e. The maximum Gasteiger partial charge on any atom is 0.141 e. The van der Waals surface area contributed by atoms with Crippen molar-refractivity contribution >= 4 is 15.9 Å². The molecule has 0 saturated carbocycles. The zero-order chi connectivity index (χ0) is 9.14. The Morgan fingerprint density at radius 3 is 2.67 bits per heavy atom. The molecule has 0 saturated heterocycles. The summed E-state index contributed by atoms with van der Waals surface area (Å²) in [7, 11) is 0. The average Bonchev–Trinajstić information content (AvgIpc) is 2.03. The van der Waals surface area contributed by atoms with E-state index in [4.69, 9.17) is 5.73 Å². The molecular formula is C8H8BrF2N. The summed E-state index contributed by atoms with van der Waals surface area (Å²) in [5, 5.41) is 0. The predicted molar refractivity (Wildman–Crippen MR) is 47.0 cm³/mol. The van der Waals surface area contributed by atoms with E-state index in [1.54, 1.807) is 6.07 Å². The molecule has 0 fully saturated rings. The second kappa shape index (κ2) is 3.96. The Morgan fingerprint density at radius 1 is 1.50 bits per heavy atom. The molecule has 0 bridgehead atoms. The van der Waals surface area contributed by atoms with Crippen molar-refractivity contribution in [3.05, 3.63) is 34.1 Å². The van der Waals surface area contributed by atoms with E-state index in [0.717, 1.165) is 0 Å². The lowest BCUT2D eigenvalue weighted by Gasteiger charge is -2.08. The molecule has 1 atom stereocenters. The van der Waals surface area contributed by atoms with E-state index in [1.165, 1.54) is 12.1 Å². The molecule has 0 radical (unpaired) electrons. The van der Waals surface area contributed by atoms with Crippen LogP contribution in [0.2, 0.25) is 0 Å². The number of halogens is 3. The third kappa shape index (κ3) is 1.81. The van der Waals surface area contributed by atoms with Gasteiger partial charge in [-0.1, -0.05) is 22.0 Å². The lowest BCUT2D eigenvalue weighted by atomic mass is 10.1. The first-order valence-electron chi connectivity index (χ1n) is 3.45. The fourth-order valence-electron chi connectivity index (χ4n) is 0.928. The zero-order valence-electron chi connectivity index (χ0n) is 6.23. The molecule has 2 N–H and O–H groups in total. The quantitative estimate of drug-likeness (QED) is 0.838. The zero-order valence-corrected chi connectivity index (χ0v) is 7.81. The van der Waals surface area contributed by atoms with Gasteiger partial charge in [-0.15, -0.1) is 0 Å². The molecule has 0 spiro atoms. The molecule has 1 aromatic rings. The van der Waals surface area contributed by atoms with Crippen LogP contribution in [-0.4, -0.2) is 6.54 Å². The molecule has 12 heavy (non-hydrogen) atoms. The van der Waals surface area contributed by atoms with Gasteiger partial charge in [-0.2, -0.15) is 0 Å². The summed E-state index contributed by atoms with van der Waals surface area (Å²) < 4.78 is 26.4. The van der Waals surface area contributed by atoms with Gasteiger partial charge in [0.15, 0.2) is 0 Å². The molecule has 0 amide bonds. The molecule has 0 aliphatic rings. The summed E-state index contributed by atoms with van der Waals surface area (Å²) >= 11 is 3.05. The lowest BCUT2D eigenvalue weighted by Crippen LogP contribution is -2.09. The van der Waals surface area contributed by atoms with Crippen LogP contribution < -0.4 is 5.73 Å². The van der Waals surface area contributed by atoms with Gasteiger partial charge in [-0.25, -0.2) is 8.78 Å². The maximum atomic E-state index is 13.0. The molecule has 1 unspecified atom stereocenters. The van der Waals surface area contributed by atoms with E-state index in [9.17, 15) is 8.78 Å². The third-order valence-corrected chi connectivity index (χ3v) is 2.21. The van der Waals surface area contributed by atoms with Crippen molar-refractivity contribution in [2.75, 3.05) is 6.54 Å². The Morgan fingerprint density at radius 2 is 2.17 bits per heavy atom. The van der Waals surface area contributed by atoms with Crippen LogP contribution >= 0.6 is 15.9 Å². The molecule has 0 aliphatic carbocycles. The highest BCUT2D eigenvalue weighted by molar-refractivity contribution is 9.10. The number of alkyl halides is 1. The first kappa shape index (κ1) is 9.61. The van der Waals surface area contributed by atoms with Gasteiger partial charge in [0.05, 0.1) is 0 Å². The van der Waals surface area contributed by atoms with Crippen LogP contribution in [0.15, 0.2) is 22.7 Å². The Labute approximate surface area is 77.7 Å². The van der Waals surface area contributed by atoms with Crippen LogP contribution in [0.5, 0.6) is 0 Å². The van der Waals surface area contributed by atoms with Gasteiger partial charge in [-0.3, -0.25) is 0 Å². The van der Waals surface area contributed by atoms with Crippen molar-refractivity contribution < 1.29 is 8.78 Å². The first-order valence-corrected chi connectivity index (χ1v) is 4.24. The standard InChI is InChI=1S/C8H8BrF2N/c9-5-2-1-3-6(10)8(5)7(11)4-12/h1-3,7H,4,12H2. The molecule has 1 nitrogen and oxygen atoms in total. The third-order valence-electron chi connectivity index (χ3n) is 1.52. The Balaban J connectivity index is 3.12. The second-order valence-corrected chi connectivity index (χ2v) is 3.19. The van der Waals surface area contributed by atoms with E-state index in [1.807, 2.05) is 0 Å². The molecule has 1 rings (SSSR count).